The Bertz CT molecular complexity index is 834. The highest BCUT2D eigenvalue weighted by molar-refractivity contribution is 9.10. The minimum absolute atomic E-state index is 0.577. The van der Waals surface area contributed by atoms with Gasteiger partial charge in [0, 0.05) is 15.8 Å². The normalized spacial score (nSPS) is 10.2. The van der Waals surface area contributed by atoms with Crippen LogP contribution < -0.4 is 10.6 Å². The fraction of sp³-hybridized carbons (Fsp3) is 0.0500. The van der Waals surface area contributed by atoms with E-state index in [9.17, 15) is 0 Å². The molecule has 0 amide bonds. The lowest BCUT2D eigenvalue weighted by Crippen LogP contribution is -2.20. The number of para-hydroxylation sites is 1. The molecular formula is C20H17BrN2S. The summed E-state index contributed by atoms with van der Waals surface area (Å²) in [5.41, 5.74) is 4.45. The minimum atomic E-state index is 0.577. The molecule has 3 aromatic rings. The molecule has 24 heavy (non-hydrogen) atoms. The largest absolute Gasteiger partial charge is 0.332 e. The van der Waals surface area contributed by atoms with Crippen LogP contribution in [-0.2, 0) is 6.42 Å². The number of anilines is 2. The summed E-state index contributed by atoms with van der Waals surface area (Å²) in [6, 6.07) is 26.6. The van der Waals surface area contributed by atoms with Gasteiger partial charge in [0.2, 0.25) is 0 Å². The third kappa shape index (κ3) is 4.66. The highest BCUT2D eigenvalue weighted by Crippen LogP contribution is 2.20. The van der Waals surface area contributed by atoms with Gasteiger partial charge in [-0.2, -0.15) is 0 Å². The number of nitrogens with one attached hydrogen (secondary N) is 2. The van der Waals surface area contributed by atoms with E-state index in [4.69, 9.17) is 12.2 Å². The zero-order valence-electron chi connectivity index (χ0n) is 13.0. The summed E-state index contributed by atoms with van der Waals surface area (Å²) in [5, 5.41) is 7.09. The summed E-state index contributed by atoms with van der Waals surface area (Å²) in [7, 11) is 0. The fourth-order valence-corrected chi connectivity index (χ4v) is 3.09. The summed E-state index contributed by atoms with van der Waals surface area (Å²) in [5.74, 6) is 0. The summed E-state index contributed by atoms with van der Waals surface area (Å²) in [4.78, 5) is 0. The molecule has 3 rings (SSSR count). The van der Waals surface area contributed by atoms with E-state index in [1.807, 2.05) is 48.5 Å². The monoisotopic (exact) mass is 396 g/mol. The predicted octanol–water partition coefficient (Wildman–Crippen LogP) is 5.85. The molecular weight excluding hydrogens is 380 g/mol. The van der Waals surface area contributed by atoms with Crippen LogP contribution in [0.1, 0.15) is 11.1 Å². The molecule has 0 spiro atoms. The Morgan fingerprint density at radius 2 is 1.58 bits per heavy atom. The maximum Gasteiger partial charge on any atom is 0.175 e. The van der Waals surface area contributed by atoms with Crippen molar-refractivity contribution in [2.75, 3.05) is 10.6 Å². The van der Waals surface area contributed by atoms with Gasteiger partial charge in [0.05, 0.1) is 0 Å². The second kappa shape index (κ2) is 8.08. The lowest BCUT2D eigenvalue weighted by Gasteiger charge is -2.14. The molecule has 0 atom stereocenters. The van der Waals surface area contributed by atoms with Crippen LogP contribution in [0.3, 0.4) is 0 Å². The van der Waals surface area contributed by atoms with Crippen molar-refractivity contribution in [2.24, 2.45) is 0 Å². The van der Waals surface area contributed by atoms with E-state index in [2.05, 4.69) is 56.9 Å². The third-order valence-electron chi connectivity index (χ3n) is 3.59. The van der Waals surface area contributed by atoms with Gasteiger partial charge < -0.3 is 10.6 Å². The Morgan fingerprint density at radius 3 is 2.38 bits per heavy atom. The molecule has 0 aliphatic carbocycles. The van der Waals surface area contributed by atoms with Gasteiger partial charge >= 0.3 is 0 Å². The topological polar surface area (TPSA) is 24.1 Å². The predicted molar refractivity (Wildman–Crippen MR) is 110 cm³/mol. The lowest BCUT2D eigenvalue weighted by molar-refractivity contribution is 1.19. The van der Waals surface area contributed by atoms with Crippen LogP contribution in [0.4, 0.5) is 11.4 Å². The van der Waals surface area contributed by atoms with Crippen molar-refractivity contribution in [2.45, 2.75) is 6.42 Å². The number of hydrogen-bond donors (Lipinski definition) is 2. The minimum Gasteiger partial charge on any atom is -0.332 e. The van der Waals surface area contributed by atoms with Gasteiger partial charge in [-0.3, -0.25) is 0 Å². The molecule has 0 heterocycles. The Hall–Kier alpha value is -2.17. The van der Waals surface area contributed by atoms with Crippen LogP contribution in [-0.4, -0.2) is 5.11 Å². The third-order valence-corrected chi connectivity index (χ3v) is 4.28. The Kier molecular flexibility index (Phi) is 5.62. The van der Waals surface area contributed by atoms with Crippen LogP contribution in [0.25, 0.3) is 0 Å². The molecule has 0 saturated carbocycles. The van der Waals surface area contributed by atoms with Gasteiger partial charge in [-0.1, -0.05) is 70.5 Å². The maximum atomic E-state index is 5.45. The molecule has 0 unspecified atom stereocenters. The van der Waals surface area contributed by atoms with Crippen LogP contribution in [0, 0.1) is 0 Å². The first-order chi connectivity index (χ1) is 11.7. The number of benzene rings is 3. The van der Waals surface area contributed by atoms with Crippen molar-refractivity contribution < 1.29 is 0 Å². The van der Waals surface area contributed by atoms with Crippen molar-refractivity contribution in [3.8, 4) is 0 Å². The maximum absolute atomic E-state index is 5.45. The van der Waals surface area contributed by atoms with Crippen LogP contribution in [0.15, 0.2) is 83.3 Å². The number of halogens is 1. The zero-order chi connectivity index (χ0) is 16.8. The molecule has 0 saturated heterocycles. The first-order valence-electron chi connectivity index (χ1n) is 7.66. The van der Waals surface area contributed by atoms with E-state index in [1.54, 1.807) is 0 Å². The molecule has 0 aliphatic rings. The Balaban J connectivity index is 1.72. The molecule has 0 aliphatic heterocycles. The van der Waals surface area contributed by atoms with Gasteiger partial charge in [0.25, 0.3) is 0 Å². The fourth-order valence-electron chi connectivity index (χ4n) is 2.46. The molecule has 0 aromatic heterocycles. The Labute approximate surface area is 156 Å². The standard InChI is InChI=1S/C20H17BrN2S/c21-17-10-6-11-18(14-17)22-20(24)23-19-12-5-4-9-16(19)13-15-7-2-1-3-8-15/h1-12,14H,13H2,(H2,22,23,24). The lowest BCUT2D eigenvalue weighted by atomic mass is 10.0. The molecule has 0 radical (unpaired) electrons. The van der Waals surface area contributed by atoms with E-state index >= 15 is 0 Å². The highest BCUT2D eigenvalue weighted by Gasteiger charge is 2.05. The Morgan fingerprint density at radius 1 is 0.833 bits per heavy atom. The molecule has 0 bridgehead atoms. The zero-order valence-corrected chi connectivity index (χ0v) is 15.4. The average Bonchev–Trinajstić information content (AvgIpc) is 2.57. The summed E-state index contributed by atoms with van der Waals surface area (Å²) >= 11 is 8.91. The smallest absolute Gasteiger partial charge is 0.175 e. The molecule has 3 aromatic carbocycles. The molecule has 120 valence electrons. The number of rotatable bonds is 4. The van der Waals surface area contributed by atoms with E-state index < -0.39 is 0 Å². The first kappa shape index (κ1) is 16.7. The van der Waals surface area contributed by atoms with Gasteiger partial charge in [-0.05, 0) is 54.0 Å². The molecule has 2 nitrogen and oxygen atoms in total. The van der Waals surface area contributed by atoms with Gasteiger partial charge in [-0.15, -0.1) is 0 Å². The van der Waals surface area contributed by atoms with Crippen LogP contribution in [0.5, 0.6) is 0 Å². The molecule has 0 fully saturated rings. The molecule has 2 N–H and O–H groups in total. The number of hydrogen-bond acceptors (Lipinski definition) is 1. The number of thiocarbonyl (C=S) groups is 1. The second-order valence-corrected chi connectivity index (χ2v) is 6.73. The van der Waals surface area contributed by atoms with E-state index in [0.29, 0.717) is 5.11 Å². The van der Waals surface area contributed by atoms with Crippen molar-refractivity contribution >= 4 is 44.6 Å². The van der Waals surface area contributed by atoms with Gasteiger partial charge in [0.1, 0.15) is 0 Å². The van der Waals surface area contributed by atoms with Gasteiger partial charge in [0.15, 0.2) is 5.11 Å². The van der Waals surface area contributed by atoms with Crippen molar-refractivity contribution in [3.63, 3.8) is 0 Å². The van der Waals surface area contributed by atoms with Crippen molar-refractivity contribution in [3.05, 3.63) is 94.5 Å². The average molecular weight is 397 g/mol. The summed E-state index contributed by atoms with van der Waals surface area (Å²) in [6.45, 7) is 0. The first-order valence-corrected chi connectivity index (χ1v) is 8.86. The SMILES string of the molecule is S=C(Nc1cccc(Br)c1)Nc1ccccc1Cc1ccccc1. The van der Waals surface area contributed by atoms with Crippen LogP contribution in [0.2, 0.25) is 0 Å². The van der Waals surface area contributed by atoms with E-state index in [-0.39, 0.29) is 0 Å². The molecule has 4 heteroatoms. The summed E-state index contributed by atoms with van der Waals surface area (Å²) in [6.07, 6.45) is 0.865. The van der Waals surface area contributed by atoms with Crippen molar-refractivity contribution in [1.82, 2.24) is 0 Å². The van der Waals surface area contributed by atoms with E-state index in [0.717, 1.165) is 22.3 Å². The highest BCUT2D eigenvalue weighted by atomic mass is 79.9. The van der Waals surface area contributed by atoms with Gasteiger partial charge in [-0.25, -0.2) is 0 Å². The summed E-state index contributed by atoms with van der Waals surface area (Å²) < 4.78 is 1.01. The van der Waals surface area contributed by atoms with Crippen LogP contribution >= 0.6 is 28.1 Å². The van der Waals surface area contributed by atoms with Crippen molar-refractivity contribution in [1.29, 1.82) is 0 Å². The quantitative estimate of drug-likeness (QED) is 0.540. The second-order valence-electron chi connectivity index (χ2n) is 5.41. The van der Waals surface area contributed by atoms with E-state index in [1.165, 1.54) is 11.1 Å².